The molecule has 0 spiro atoms. The number of methoxy groups -OCH3 is 1. The molecule has 3 heterocycles. The third-order valence-corrected chi connectivity index (χ3v) is 5.23. The number of ether oxygens (including phenoxy) is 1. The lowest BCUT2D eigenvalue weighted by molar-refractivity contribution is 0.415. The van der Waals surface area contributed by atoms with Gasteiger partial charge in [0.15, 0.2) is 0 Å². The molecule has 0 saturated carbocycles. The van der Waals surface area contributed by atoms with Crippen molar-refractivity contribution in [1.29, 1.82) is 0 Å². The highest BCUT2D eigenvalue weighted by Gasteiger charge is 2.14. The molecule has 2 aromatic carbocycles. The molecular weight excluding hydrogens is 360 g/mol. The smallest absolute Gasteiger partial charge is 0.213 e. The van der Waals surface area contributed by atoms with Crippen LogP contribution in [0.25, 0.3) is 26.4 Å². The summed E-state index contributed by atoms with van der Waals surface area (Å²) in [5.41, 5.74) is 3.70. The molecule has 0 fully saturated rings. The second kappa shape index (κ2) is 6.10. The Morgan fingerprint density at radius 2 is 1.96 bits per heavy atom. The predicted octanol–water partition coefficient (Wildman–Crippen LogP) is 4.42. The first-order valence-electron chi connectivity index (χ1n) is 8.43. The Balaban J connectivity index is 1.55. The zero-order valence-corrected chi connectivity index (χ0v) is 15.5. The number of aromatic nitrogens is 5. The van der Waals surface area contributed by atoms with E-state index < -0.39 is 0 Å². The van der Waals surface area contributed by atoms with Crippen molar-refractivity contribution in [2.75, 3.05) is 12.4 Å². The first-order valence-corrected chi connectivity index (χ1v) is 9.25. The first-order chi connectivity index (χ1) is 13.2. The van der Waals surface area contributed by atoms with Gasteiger partial charge in [0.2, 0.25) is 11.1 Å². The second-order valence-corrected chi connectivity index (χ2v) is 7.15. The Hall–Kier alpha value is -3.39. The number of nitrogens with one attached hydrogen (secondary N) is 2. The molecule has 0 bridgehead atoms. The molecule has 0 aliphatic carbocycles. The number of anilines is 2. The number of hydrogen-bond donors (Lipinski definition) is 2. The van der Waals surface area contributed by atoms with Crippen LogP contribution in [0.3, 0.4) is 0 Å². The zero-order chi connectivity index (χ0) is 18.4. The van der Waals surface area contributed by atoms with Crippen molar-refractivity contribution in [3.05, 3.63) is 54.2 Å². The molecule has 27 heavy (non-hydrogen) atoms. The van der Waals surface area contributed by atoms with Crippen molar-refractivity contribution in [2.24, 2.45) is 0 Å². The van der Waals surface area contributed by atoms with E-state index in [2.05, 4.69) is 20.4 Å². The summed E-state index contributed by atoms with van der Waals surface area (Å²) in [6.45, 7) is 1.96. The summed E-state index contributed by atoms with van der Waals surface area (Å²) in [5.74, 6) is 2.28. The molecule has 8 heteroatoms. The first kappa shape index (κ1) is 15.8. The third kappa shape index (κ3) is 2.80. The molecule has 0 radical (unpaired) electrons. The minimum Gasteiger partial charge on any atom is -0.497 e. The number of thiazole rings is 1. The minimum absolute atomic E-state index is 0.667. The lowest BCUT2D eigenvalue weighted by Crippen LogP contribution is -2.03. The fraction of sp³-hybridized carbons (Fsp3) is 0.105. The van der Waals surface area contributed by atoms with E-state index in [1.807, 2.05) is 55.5 Å². The van der Waals surface area contributed by atoms with Crippen molar-refractivity contribution in [3.8, 4) is 10.9 Å². The number of imidazole rings is 1. The number of aryl methyl sites for hydroxylation is 1. The maximum absolute atomic E-state index is 5.30. The van der Waals surface area contributed by atoms with E-state index in [0.29, 0.717) is 5.95 Å². The Morgan fingerprint density at radius 3 is 2.81 bits per heavy atom. The molecule has 0 amide bonds. The van der Waals surface area contributed by atoms with Gasteiger partial charge in [0.1, 0.15) is 11.6 Å². The summed E-state index contributed by atoms with van der Waals surface area (Å²) < 4.78 is 8.16. The molecular formula is C19H16N6OS. The van der Waals surface area contributed by atoms with E-state index in [9.17, 15) is 0 Å². The molecule has 0 unspecified atom stereocenters. The number of H-pyrrole nitrogens is 1. The van der Waals surface area contributed by atoms with Gasteiger partial charge in [-0.05, 0) is 37.3 Å². The topological polar surface area (TPSA) is 80.7 Å². The second-order valence-electron chi connectivity index (χ2n) is 6.14. The average molecular weight is 376 g/mol. The summed E-state index contributed by atoms with van der Waals surface area (Å²) in [6.07, 6.45) is 0. The molecule has 0 saturated heterocycles. The number of benzene rings is 2. The van der Waals surface area contributed by atoms with E-state index in [4.69, 9.17) is 9.72 Å². The van der Waals surface area contributed by atoms with Gasteiger partial charge in [-0.2, -0.15) is 9.78 Å². The van der Waals surface area contributed by atoms with E-state index >= 15 is 0 Å². The van der Waals surface area contributed by atoms with Gasteiger partial charge in [0, 0.05) is 6.07 Å². The summed E-state index contributed by atoms with van der Waals surface area (Å²) in [6, 6.07) is 15.7. The quantitative estimate of drug-likeness (QED) is 0.485. The van der Waals surface area contributed by atoms with Crippen molar-refractivity contribution < 1.29 is 4.74 Å². The van der Waals surface area contributed by atoms with Crippen LogP contribution >= 0.6 is 11.3 Å². The molecule has 5 aromatic rings. The van der Waals surface area contributed by atoms with Crippen molar-refractivity contribution in [3.63, 3.8) is 0 Å². The molecule has 0 aliphatic rings. The van der Waals surface area contributed by atoms with Gasteiger partial charge < -0.3 is 15.0 Å². The van der Waals surface area contributed by atoms with Crippen molar-refractivity contribution in [1.82, 2.24) is 24.7 Å². The molecule has 5 rings (SSSR count). The molecule has 2 N–H and O–H groups in total. The number of para-hydroxylation sites is 2. The Bertz CT molecular complexity index is 1230. The van der Waals surface area contributed by atoms with E-state index in [0.717, 1.165) is 43.6 Å². The maximum atomic E-state index is 5.30. The summed E-state index contributed by atoms with van der Waals surface area (Å²) in [7, 11) is 1.66. The van der Waals surface area contributed by atoms with Gasteiger partial charge in [-0.3, -0.25) is 0 Å². The SMILES string of the molecule is COc1ccc2nc(-n3nc(C)cc3Nc3nc4ccccc4[nH]3)sc2c1. The summed E-state index contributed by atoms with van der Waals surface area (Å²) in [4.78, 5) is 12.6. The highest BCUT2D eigenvalue weighted by molar-refractivity contribution is 7.20. The highest BCUT2D eigenvalue weighted by Crippen LogP contribution is 2.30. The largest absolute Gasteiger partial charge is 0.497 e. The average Bonchev–Trinajstić information content (AvgIpc) is 3.36. The Morgan fingerprint density at radius 1 is 1.07 bits per heavy atom. The molecule has 7 nitrogen and oxygen atoms in total. The van der Waals surface area contributed by atoms with Crippen LogP contribution in [-0.2, 0) is 0 Å². The number of hydrogen-bond acceptors (Lipinski definition) is 6. The van der Waals surface area contributed by atoms with Crippen molar-refractivity contribution in [2.45, 2.75) is 6.92 Å². The highest BCUT2D eigenvalue weighted by atomic mass is 32.1. The van der Waals surface area contributed by atoms with Crippen molar-refractivity contribution >= 4 is 44.4 Å². The zero-order valence-electron chi connectivity index (χ0n) is 14.7. The van der Waals surface area contributed by atoms with Crippen LogP contribution in [0.2, 0.25) is 0 Å². The van der Waals surface area contributed by atoms with E-state index in [1.165, 1.54) is 0 Å². The Kier molecular flexibility index (Phi) is 3.58. The van der Waals surface area contributed by atoms with Crippen LogP contribution in [0, 0.1) is 6.92 Å². The molecule has 0 atom stereocenters. The number of fused-ring (bicyclic) bond motifs is 2. The molecule has 0 aliphatic heterocycles. The van der Waals surface area contributed by atoms with Crippen LogP contribution in [-0.4, -0.2) is 31.8 Å². The van der Waals surface area contributed by atoms with Gasteiger partial charge in [-0.1, -0.05) is 23.5 Å². The fourth-order valence-corrected chi connectivity index (χ4v) is 3.94. The monoisotopic (exact) mass is 376 g/mol. The van der Waals surface area contributed by atoms with Crippen LogP contribution in [0.15, 0.2) is 48.5 Å². The number of rotatable bonds is 4. The number of aromatic amines is 1. The normalized spacial score (nSPS) is 11.3. The van der Waals surface area contributed by atoms with E-state index in [1.54, 1.807) is 23.1 Å². The molecule has 3 aromatic heterocycles. The van der Waals surface area contributed by atoms with Crippen LogP contribution in [0.5, 0.6) is 5.75 Å². The van der Waals surface area contributed by atoms with E-state index in [-0.39, 0.29) is 0 Å². The lowest BCUT2D eigenvalue weighted by Gasteiger charge is -2.04. The van der Waals surface area contributed by atoms with Gasteiger partial charge >= 0.3 is 0 Å². The fourth-order valence-electron chi connectivity index (χ4n) is 2.98. The van der Waals surface area contributed by atoms with Gasteiger partial charge in [0.25, 0.3) is 0 Å². The third-order valence-electron chi connectivity index (χ3n) is 4.23. The predicted molar refractivity (Wildman–Crippen MR) is 107 cm³/mol. The maximum Gasteiger partial charge on any atom is 0.213 e. The Labute approximate surface area is 158 Å². The standard InChI is InChI=1S/C19H16N6OS/c1-11-9-17(23-18-20-13-5-3-4-6-14(13)21-18)25(24-11)19-22-15-8-7-12(26-2)10-16(15)27-19/h3-10H,1-2H3,(H2,20,21,23). The lowest BCUT2D eigenvalue weighted by atomic mass is 10.3. The molecule has 134 valence electrons. The van der Waals surface area contributed by atoms with Gasteiger partial charge in [0.05, 0.1) is 34.1 Å². The minimum atomic E-state index is 0.667. The van der Waals surface area contributed by atoms with Crippen LogP contribution < -0.4 is 10.1 Å². The number of nitrogens with zero attached hydrogens (tertiary/aromatic N) is 4. The van der Waals surface area contributed by atoms with Crippen LogP contribution in [0.1, 0.15) is 5.69 Å². The summed E-state index contributed by atoms with van der Waals surface area (Å²) in [5, 5.41) is 8.70. The van der Waals surface area contributed by atoms with Gasteiger partial charge in [-0.15, -0.1) is 0 Å². The summed E-state index contributed by atoms with van der Waals surface area (Å²) >= 11 is 1.56. The van der Waals surface area contributed by atoms with Gasteiger partial charge in [-0.25, -0.2) is 9.97 Å². The van der Waals surface area contributed by atoms with Crippen LogP contribution in [0.4, 0.5) is 11.8 Å².